The van der Waals surface area contributed by atoms with Gasteiger partial charge in [0, 0.05) is 29.2 Å². The number of fused-ring (bicyclic) bond motifs is 1. The van der Waals surface area contributed by atoms with Gasteiger partial charge in [-0.25, -0.2) is 4.68 Å². The molecule has 3 aromatic rings. The van der Waals surface area contributed by atoms with Crippen molar-refractivity contribution in [2.75, 3.05) is 11.9 Å². The van der Waals surface area contributed by atoms with E-state index in [1.165, 1.54) is 0 Å². The Morgan fingerprint density at radius 2 is 1.87 bits per heavy atom. The van der Waals surface area contributed by atoms with E-state index in [2.05, 4.69) is 15.7 Å². The number of aromatic nitrogens is 2. The molecule has 2 amide bonds. The average molecular weight is 437 g/mol. The van der Waals surface area contributed by atoms with Gasteiger partial charge in [-0.15, -0.1) is 0 Å². The van der Waals surface area contributed by atoms with Crippen LogP contribution in [0.4, 0.5) is 5.82 Å². The van der Waals surface area contributed by atoms with Gasteiger partial charge in [0.2, 0.25) is 5.91 Å². The van der Waals surface area contributed by atoms with Crippen LogP contribution in [0.15, 0.2) is 54.6 Å². The van der Waals surface area contributed by atoms with Crippen molar-refractivity contribution in [2.24, 2.45) is 0 Å². The van der Waals surface area contributed by atoms with E-state index >= 15 is 0 Å². The molecule has 8 heteroatoms. The highest BCUT2D eigenvalue weighted by molar-refractivity contribution is 7.98. The molecule has 2 heterocycles. The number of nitrogens with zero attached hydrogens (tertiary/aromatic N) is 2. The first-order valence-electron chi connectivity index (χ1n) is 10.1. The number of benzene rings is 2. The molecule has 0 fully saturated rings. The topological polar surface area (TPSA) is 85.2 Å². The first-order valence-corrected chi connectivity index (χ1v) is 11.3. The molecule has 2 aromatic carbocycles. The number of thioether (sulfide) groups is 1. The molecule has 7 nitrogen and oxygen atoms in total. The van der Waals surface area contributed by atoms with Crippen LogP contribution in [0, 0.1) is 0 Å². The maximum absolute atomic E-state index is 12.8. The van der Waals surface area contributed by atoms with Gasteiger partial charge < -0.3 is 15.4 Å². The van der Waals surface area contributed by atoms with Crippen LogP contribution in [0.25, 0.3) is 0 Å². The molecule has 2 N–H and O–H groups in total. The SMILES string of the molecule is CCOc1ccc(C(=O)Nc2c3c(nn2CC(=O)NCc2ccccc2)CSC3)cc1. The van der Waals surface area contributed by atoms with E-state index in [0.717, 1.165) is 34.1 Å². The fraction of sp³-hybridized carbons (Fsp3) is 0.261. The van der Waals surface area contributed by atoms with Crippen LogP contribution in [0.2, 0.25) is 0 Å². The molecular formula is C23H24N4O3S. The Hall–Kier alpha value is -3.26. The minimum Gasteiger partial charge on any atom is -0.494 e. The van der Waals surface area contributed by atoms with Crippen LogP contribution in [-0.2, 0) is 29.4 Å². The minimum atomic E-state index is -0.242. The Morgan fingerprint density at radius 1 is 1.10 bits per heavy atom. The van der Waals surface area contributed by atoms with E-state index in [0.29, 0.717) is 24.5 Å². The number of rotatable bonds is 8. The number of hydrogen-bond acceptors (Lipinski definition) is 5. The van der Waals surface area contributed by atoms with Crippen LogP contribution in [-0.4, -0.2) is 28.2 Å². The highest BCUT2D eigenvalue weighted by Gasteiger charge is 2.25. The van der Waals surface area contributed by atoms with Gasteiger partial charge in [0.1, 0.15) is 18.1 Å². The summed E-state index contributed by atoms with van der Waals surface area (Å²) in [5.74, 6) is 2.45. The summed E-state index contributed by atoms with van der Waals surface area (Å²) in [5.41, 5.74) is 3.45. The lowest BCUT2D eigenvalue weighted by molar-refractivity contribution is -0.122. The Kier molecular flexibility index (Phi) is 6.57. The molecular weight excluding hydrogens is 412 g/mol. The number of anilines is 1. The van der Waals surface area contributed by atoms with E-state index in [9.17, 15) is 9.59 Å². The number of amides is 2. The highest BCUT2D eigenvalue weighted by Crippen LogP contribution is 2.35. The van der Waals surface area contributed by atoms with E-state index in [4.69, 9.17) is 4.74 Å². The fourth-order valence-corrected chi connectivity index (χ4v) is 4.39. The van der Waals surface area contributed by atoms with Crippen molar-refractivity contribution in [1.29, 1.82) is 0 Å². The molecule has 1 aliphatic rings. The number of hydrogen-bond donors (Lipinski definition) is 2. The smallest absolute Gasteiger partial charge is 0.256 e. The van der Waals surface area contributed by atoms with Crippen molar-refractivity contribution >= 4 is 29.4 Å². The molecule has 0 atom stereocenters. The third kappa shape index (κ3) is 5.08. The quantitative estimate of drug-likeness (QED) is 0.564. The summed E-state index contributed by atoms with van der Waals surface area (Å²) < 4.78 is 7.03. The van der Waals surface area contributed by atoms with E-state index in [-0.39, 0.29) is 18.4 Å². The number of ether oxygens (including phenoxy) is 1. The lowest BCUT2D eigenvalue weighted by Crippen LogP contribution is -2.28. The third-order valence-corrected chi connectivity index (χ3v) is 5.87. The predicted molar refractivity (Wildman–Crippen MR) is 121 cm³/mol. The number of nitrogens with one attached hydrogen (secondary N) is 2. The monoisotopic (exact) mass is 436 g/mol. The Morgan fingerprint density at radius 3 is 2.61 bits per heavy atom. The molecule has 0 unspecified atom stereocenters. The summed E-state index contributed by atoms with van der Waals surface area (Å²) in [5, 5.41) is 10.4. The third-order valence-electron chi connectivity index (χ3n) is 4.90. The van der Waals surface area contributed by atoms with Gasteiger partial charge in [-0.1, -0.05) is 30.3 Å². The normalized spacial score (nSPS) is 12.3. The number of carbonyl (C=O) groups is 2. The van der Waals surface area contributed by atoms with Crippen LogP contribution in [0.1, 0.15) is 34.1 Å². The van der Waals surface area contributed by atoms with Gasteiger partial charge in [-0.05, 0) is 36.8 Å². The van der Waals surface area contributed by atoms with Crippen molar-refractivity contribution in [3.05, 3.63) is 77.0 Å². The van der Waals surface area contributed by atoms with E-state index in [1.54, 1.807) is 40.7 Å². The zero-order chi connectivity index (χ0) is 21.6. The molecule has 31 heavy (non-hydrogen) atoms. The molecule has 1 aliphatic heterocycles. The van der Waals surface area contributed by atoms with Gasteiger partial charge in [0.15, 0.2) is 0 Å². The van der Waals surface area contributed by atoms with Crippen LogP contribution in [0.5, 0.6) is 5.75 Å². The molecule has 0 saturated carbocycles. The van der Waals surface area contributed by atoms with E-state index in [1.807, 2.05) is 37.3 Å². The lowest BCUT2D eigenvalue weighted by Gasteiger charge is -2.12. The summed E-state index contributed by atoms with van der Waals surface area (Å²) in [6, 6.07) is 16.7. The predicted octanol–water partition coefficient (Wildman–Crippen LogP) is 3.60. The maximum Gasteiger partial charge on any atom is 0.256 e. The van der Waals surface area contributed by atoms with Crippen LogP contribution < -0.4 is 15.4 Å². The fourth-order valence-electron chi connectivity index (χ4n) is 3.36. The van der Waals surface area contributed by atoms with Gasteiger partial charge in [0.25, 0.3) is 5.91 Å². The molecule has 0 bridgehead atoms. The van der Waals surface area contributed by atoms with Crippen LogP contribution in [0.3, 0.4) is 0 Å². The maximum atomic E-state index is 12.8. The minimum absolute atomic E-state index is 0.0450. The first-order chi connectivity index (χ1) is 15.1. The zero-order valence-corrected chi connectivity index (χ0v) is 18.1. The van der Waals surface area contributed by atoms with Crippen molar-refractivity contribution in [2.45, 2.75) is 31.5 Å². The molecule has 0 spiro atoms. The Labute approximate surface area is 185 Å². The highest BCUT2D eigenvalue weighted by atomic mass is 32.2. The summed E-state index contributed by atoms with van der Waals surface area (Å²) in [7, 11) is 0. The average Bonchev–Trinajstić information content (AvgIpc) is 3.36. The number of carbonyl (C=O) groups excluding carboxylic acids is 2. The zero-order valence-electron chi connectivity index (χ0n) is 17.3. The first kappa shape index (κ1) is 21.0. The van der Waals surface area contributed by atoms with Gasteiger partial charge in [0.05, 0.1) is 12.3 Å². The molecule has 0 saturated heterocycles. The van der Waals surface area contributed by atoms with Gasteiger partial charge >= 0.3 is 0 Å². The van der Waals surface area contributed by atoms with Crippen molar-refractivity contribution in [1.82, 2.24) is 15.1 Å². The molecule has 160 valence electrons. The van der Waals surface area contributed by atoms with Gasteiger partial charge in [-0.2, -0.15) is 16.9 Å². The summed E-state index contributed by atoms with van der Waals surface area (Å²) in [6.07, 6.45) is 0. The van der Waals surface area contributed by atoms with Crippen molar-refractivity contribution in [3.63, 3.8) is 0 Å². The molecule has 1 aromatic heterocycles. The summed E-state index contributed by atoms with van der Waals surface area (Å²) in [6.45, 7) is 2.98. The van der Waals surface area contributed by atoms with E-state index < -0.39 is 0 Å². The van der Waals surface area contributed by atoms with Crippen LogP contribution >= 0.6 is 11.8 Å². The second-order valence-electron chi connectivity index (χ2n) is 7.10. The largest absolute Gasteiger partial charge is 0.494 e. The summed E-state index contributed by atoms with van der Waals surface area (Å²) in [4.78, 5) is 25.3. The Balaban J connectivity index is 1.46. The second kappa shape index (κ2) is 9.70. The standard InChI is InChI=1S/C23H24N4O3S/c1-2-30-18-10-8-17(9-11-18)23(29)25-22-19-14-31-15-20(19)26-27(22)13-21(28)24-12-16-6-4-3-5-7-16/h3-11H,2,12-15H2,1H3,(H,24,28)(H,25,29). The Bertz CT molecular complexity index is 1060. The second-order valence-corrected chi connectivity index (χ2v) is 8.08. The van der Waals surface area contributed by atoms with Gasteiger partial charge in [-0.3, -0.25) is 9.59 Å². The molecule has 0 radical (unpaired) electrons. The molecule has 0 aliphatic carbocycles. The van der Waals surface area contributed by atoms with Crippen molar-refractivity contribution in [3.8, 4) is 5.75 Å². The lowest BCUT2D eigenvalue weighted by atomic mass is 10.2. The molecule has 4 rings (SSSR count). The van der Waals surface area contributed by atoms with Crippen molar-refractivity contribution < 1.29 is 14.3 Å². The summed E-state index contributed by atoms with van der Waals surface area (Å²) >= 11 is 1.74.